The van der Waals surface area contributed by atoms with E-state index in [1.54, 1.807) is 0 Å². The molecule has 1 heteroatoms. The third-order valence-electron chi connectivity index (χ3n) is 4.86. The average molecular weight is 267 g/mol. The fourth-order valence-corrected chi connectivity index (χ4v) is 3.78. The molecule has 1 saturated carbocycles. The van der Waals surface area contributed by atoms with Crippen LogP contribution >= 0.6 is 0 Å². The van der Waals surface area contributed by atoms with E-state index in [2.05, 4.69) is 54.7 Å². The molecule has 3 rings (SSSR count). The van der Waals surface area contributed by atoms with Gasteiger partial charge in [0.2, 0.25) is 0 Å². The van der Waals surface area contributed by atoms with Gasteiger partial charge in [-0.15, -0.1) is 0 Å². The molecule has 20 heavy (non-hydrogen) atoms. The lowest BCUT2D eigenvalue weighted by Gasteiger charge is -2.30. The average Bonchev–Trinajstić information content (AvgIpc) is 2.95. The van der Waals surface area contributed by atoms with Crippen molar-refractivity contribution >= 4 is 10.8 Å². The van der Waals surface area contributed by atoms with Crippen LogP contribution in [0.4, 0.5) is 0 Å². The highest BCUT2D eigenvalue weighted by Crippen LogP contribution is 2.41. The molecule has 0 bridgehead atoms. The molecule has 0 aromatic heterocycles. The molecule has 2 aromatic carbocycles. The normalized spacial score (nSPS) is 17.6. The molecule has 0 heterocycles. The van der Waals surface area contributed by atoms with E-state index in [-0.39, 0.29) is 0 Å². The largest absolute Gasteiger partial charge is 0.316 e. The van der Waals surface area contributed by atoms with E-state index < -0.39 is 0 Å². The first-order valence-electron chi connectivity index (χ1n) is 8.00. The molecule has 106 valence electrons. The van der Waals surface area contributed by atoms with Gasteiger partial charge in [0.25, 0.3) is 0 Å². The van der Waals surface area contributed by atoms with Crippen LogP contribution in [-0.2, 0) is 6.42 Å². The van der Waals surface area contributed by atoms with Crippen molar-refractivity contribution in [3.63, 3.8) is 0 Å². The Morgan fingerprint density at radius 3 is 2.55 bits per heavy atom. The van der Waals surface area contributed by atoms with Crippen molar-refractivity contribution in [3.05, 3.63) is 48.0 Å². The molecule has 1 aliphatic carbocycles. The monoisotopic (exact) mass is 267 g/mol. The smallest absolute Gasteiger partial charge is 0.00109 e. The second-order valence-corrected chi connectivity index (χ2v) is 6.30. The molecule has 1 nitrogen and oxygen atoms in total. The number of hydrogen-bond acceptors (Lipinski definition) is 1. The predicted molar refractivity (Wildman–Crippen MR) is 87.1 cm³/mol. The molecular weight excluding hydrogens is 242 g/mol. The van der Waals surface area contributed by atoms with E-state index in [1.165, 1.54) is 55.0 Å². The maximum atomic E-state index is 3.60. The Morgan fingerprint density at radius 1 is 1.00 bits per heavy atom. The van der Waals surface area contributed by atoms with Gasteiger partial charge in [-0.25, -0.2) is 0 Å². The Bertz CT molecular complexity index is 561. The maximum absolute atomic E-state index is 3.60. The molecule has 0 amide bonds. The van der Waals surface area contributed by atoms with Crippen LogP contribution in [0.25, 0.3) is 10.8 Å². The molecule has 2 aromatic rings. The van der Waals surface area contributed by atoms with Gasteiger partial charge in [0, 0.05) is 6.54 Å². The van der Waals surface area contributed by atoms with Crippen molar-refractivity contribution in [2.75, 3.05) is 13.1 Å². The summed E-state index contributed by atoms with van der Waals surface area (Å²) in [5.74, 6) is 0. The topological polar surface area (TPSA) is 12.0 Å². The third-order valence-corrected chi connectivity index (χ3v) is 4.86. The molecule has 0 aliphatic heterocycles. The zero-order chi connectivity index (χ0) is 13.8. The number of benzene rings is 2. The van der Waals surface area contributed by atoms with Crippen LogP contribution in [0.1, 0.15) is 38.2 Å². The Hall–Kier alpha value is -1.34. The van der Waals surface area contributed by atoms with Gasteiger partial charge in [-0.1, -0.05) is 62.2 Å². The molecule has 1 aliphatic rings. The van der Waals surface area contributed by atoms with Gasteiger partial charge in [-0.05, 0) is 47.6 Å². The van der Waals surface area contributed by atoms with Crippen molar-refractivity contribution in [2.24, 2.45) is 5.41 Å². The summed E-state index contributed by atoms with van der Waals surface area (Å²) in [6.45, 7) is 4.46. The summed E-state index contributed by atoms with van der Waals surface area (Å²) < 4.78 is 0. The van der Waals surface area contributed by atoms with E-state index >= 15 is 0 Å². The van der Waals surface area contributed by atoms with Crippen molar-refractivity contribution in [1.82, 2.24) is 5.32 Å². The van der Waals surface area contributed by atoms with Crippen molar-refractivity contribution in [3.8, 4) is 0 Å². The minimum Gasteiger partial charge on any atom is -0.316 e. The zero-order valence-electron chi connectivity index (χ0n) is 12.5. The lowest BCUT2D eigenvalue weighted by atomic mass is 9.79. The fourth-order valence-electron chi connectivity index (χ4n) is 3.78. The summed E-state index contributed by atoms with van der Waals surface area (Å²) in [7, 11) is 0. The minimum absolute atomic E-state index is 0.486. The first-order valence-corrected chi connectivity index (χ1v) is 8.00. The van der Waals surface area contributed by atoms with Gasteiger partial charge in [0.15, 0.2) is 0 Å². The highest BCUT2D eigenvalue weighted by atomic mass is 14.9. The van der Waals surface area contributed by atoms with Crippen LogP contribution in [0.2, 0.25) is 0 Å². The quantitative estimate of drug-likeness (QED) is 0.838. The Balaban J connectivity index is 1.90. The molecule has 0 unspecified atom stereocenters. The van der Waals surface area contributed by atoms with E-state index in [0.717, 1.165) is 6.54 Å². The third kappa shape index (κ3) is 2.73. The summed E-state index contributed by atoms with van der Waals surface area (Å²) in [5.41, 5.74) is 2.02. The van der Waals surface area contributed by atoms with Crippen molar-refractivity contribution < 1.29 is 0 Å². The van der Waals surface area contributed by atoms with Gasteiger partial charge < -0.3 is 5.32 Å². The Labute approximate surface area is 122 Å². The molecule has 0 radical (unpaired) electrons. The lowest BCUT2D eigenvalue weighted by Crippen LogP contribution is -2.34. The summed E-state index contributed by atoms with van der Waals surface area (Å²) in [6, 6.07) is 15.6. The summed E-state index contributed by atoms with van der Waals surface area (Å²) in [4.78, 5) is 0. The van der Waals surface area contributed by atoms with Crippen molar-refractivity contribution in [2.45, 2.75) is 39.0 Å². The van der Waals surface area contributed by atoms with Crippen LogP contribution in [0.5, 0.6) is 0 Å². The summed E-state index contributed by atoms with van der Waals surface area (Å²) in [5, 5.41) is 6.42. The fraction of sp³-hybridized carbons (Fsp3) is 0.474. The standard InChI is InChI=1S/C19H25N/c1-2-20-15-19(12-5-6-13-19)14-17-10-7-9-16-8-3-4-11-18(16)17/h3-4,7-11,20H,2,5-6,12-15H2,1H3. The lowest BCUT2D eigenvalue weighted by molar-refractivity contribution is 0.281. The van der Waals surface area contributed by atoms with Gasteiger partial charge in [-0.2, -0.15) is 0 Å². The zero-order valence-corrected chi connectivity index (χ0v) is 12.5. The second-order valence-electron chi connectivity index (χ2n) is 6.30. The molecule has 0 atom stereocenters. The van der Waals surface area contributed by atoms with Crippen LogP contribution in [0, 0.1) is 5.41 Å². The van der Waals surface area contributed by atoms with Crippen molar-refractivity contribution in [1.29, 1.82) is 0 Å². The first-order chi connectivity index (χ1) is 9.83. The first kappa shape index (κ1) is 13.6. The maximum Gasteiger partial charge on any atom is 0.00109 e. The number of fused-ring (bicyclic) bond motifs is 1. The molecule has 1 fully saturated rings. The van der Waals surface area contributed by atoms with Crippen LogP contribution in [-0.4, -0.2) is 13.1 Å². The minimum atomic E-state index is 0.486. The van der Waals surface area contributed by atoms with Crippen LogP contribution < -0.4 is 5.32 Å². The number of hydrogen-bond donors (Lipinski definition) is 1. The van der Waals surface area contributed by atoms with E-state index in [9.17, 15) is 0 Å². The van der Waals surface area contributed by atoms with E-state index in [4.69, 9.17) is 0 Å². The molecular formula is C19H25N. The highest BCUT2D eigenvalue weighted by molar-refractivity contribution is 5.85. The van der Waals surface area contributed by atoms with Gasteiger partial charge in [0.1, 0.15) is 0 Å². The van der Waals surface area contributed by atoms with E-state index in [1.807, 2.05) is 0 Å². The Kier molecular flexibility index (Phi) is 4.07. The van der Waals surface area contributed by atoms with Gasteiger partial charge in [0.05, 0.1) is 0 Å². The van der Waals surface area contributed by atoms with Gasteiger partial charge in [-0.3, -0.25) is 0 Å². The number of rotatable bonds is 5. The second kappa shape index (κ2) is 5.97. The van der Waals surface area contributed by atoms with Gasteiger partial charge >= 0.3 is 0 Å². The summed E-state index contributed by atoms with van der Waals surface area (Å²) >= 11 is 0. The summed E-state index contributed by atoms with van der Waals surface area (Å²) in [6.07, 6.45) is 6.78. The molecule has 1 N–H and O–H groups in total. The predicted octanol–water partition coefficient (Wildman–Crippen LogP) is 4.55. The molecule has 0 saturated heterocycles. The highest BCUT2D eigenvalue weighted by Gasteiger charge is 2.33. The Morgan fingerprint density at radius 2 is 1.75 bits per heavy atom. The SMILES string of the molecule is CCNCC1(Cc2cccc3ccccc23)CCCC1. The molecule has 0 spiro atoms. The van der Waals surface area contributed by atoms with Crippen LogP contribution in [0.15, 0.2) is 42.5 Å². The van der Waals surface area contributed by atoms with Crippen LogP contribution in [0.3, 0.4) is 0 Å². The van der Waals surface area contributed by atoms with E-state index in [0.29, 0.717) is 5.41 Å². The number of nitrogens with one attached hydrogen (secondary N) is 1.